The van der Waals surface area contributed by atoms with Crippen LogP contribution in [0.4, 0.5) is 0 Å². The normalized spacial score (nSPS) is 12.8. The van der Waals surface area contributed by atoms with E-state index in [4.69, 9.17) is 18.9 Å². The average Bonchev–Trinajstić information content (AvgIpc) is 3.46. The molecule has 0 saturated carbocycles. The third-order valence-corrected chi connectivity index (χ3v) is 18.1. The summed E-state index contributed by atoms with van der Waals surface area (Å²) >= 11 is 0. The van der Waals surface area contributed by atoms with E-state index in [0.29, 0.717) is 17.4 Å². The lowest BCUT2D eigenvalue weighted by Crippen LogP contribution is -2.40. The van der Waals surface area contributed by atoms with Crippen molar-refractivity contribution in [3.05, 3.63) is 48.6 Å². The Labute approximate surface area is 565 Å². The van der Waals surface area contributed by atoms with E-state index in [1.54, 1.807) is 0 Å². The number of ether oxygens (including phenoxy) is 4. The molecule has 0 spiro atoms. The molecule has 0 aromatic carbocycles. The number of carboxylic acids is 1. The van der Waals surface area contributed by atoms with Gasteiger partial charge < -0.3 is 28.5 Å². The maximum Gasteiger partial charge on any atom is 0.361 e. The molecule has 0 bridgehead atoms. The Morgan fingerprint density at radius 2 is 0.593 bits per heavy atom. The molecule has 0 aromatic rings. The Bertz CT molecular complexity index is 1630. The number of allylic oxidation sites excluding steroid dienone is 8. The van der Waals surface area contributed by atoms with Gasteiger partial charge in [-0.2, -0.15) is 0 Å². The highest BCUT2D eigenvalue weighted by molar-refractivity contribution is 5.71. The number of esters is 2. The summed E-state index contributed by atoms with van der Waals surface area (Å²) in [4.78, 5) is 37.7. The molecule has 0 aromatic heterocycles. The molecule has 9 nitrogen and oxygen atoms in total. The minimum atomic E-state index is -1.51. The summed E-state index contributed by atoms with van der Waals surface area (Å²) in [5.74, 6) is -1.99. The first kappa shape index (κ1) is 88.2. The third-order valence-electron chi connectivity index (χ3n) is 18.1. The van der Waals surface area contributed by atoms with E-state index in [9.17, 15) is 19.5 Å². The highest BCUT2D eigenvalue weighted by Gasteiger charge is 2.25. The molecule has 0 aliphatic rings. The molecule has 9 heteroatoms. The number of carbonyl (C=O) groups is 3. The molecule has 0 aliphatic heterocycles. The van der Waals surface area contributed by atoms with Crippen molar-refractivity contribution in [3.8, 4) is 0 Å². The number of nitrogens with zero attached hydrogens (tertiary/aromatic N) is 1. The summed E-state index contributed by atoms with van der Waals surface area (Å²) in [6, 6.07) is 0. The Morgan fingerprint density at radius 3 is 0.890 bits per heavy atom. The van der Waals surface area contributed by atoms with Gasteiger partial charge in [-0.3, -0.25) is 9.59 Å². The molecule has 0 rings (SSSR count). The van der Waals surface area contributed by atoms with E-state index >= 15 is 0 Å². The minimum absolute atomic E-state index is 0.180. The van der Waals surface area contributed by atoms with E-state index in [2.05, 4.69) is 62.5 Å². The quantitative estimate of drug-likeness (QED) is 0.0211. The van der Waals surface area contributed by atoms with Crippen molar-refractivity contribution < 1.29 is 42.9 Å². The Morgan fingerprint density at radius 1 is 0.330 bits per heavy atom. The van der Waals surface area contributed by atoms with Crippen molar-refractivity contribution in [1.29, 1.82) is 0 Å². The van der Waals surface area contributed by atoms with Crippen LogP contribution in [0.3, 0.4) is 0 Å². The fourth-order valence-electron chi connectivity index (χ4n) is 12.0. The molecule has 0 heterocycles. The summed E-state index contributed by atoms with van der Waals surface area (Å²) in [5.41, 5.74) is 0. The highest BCUT2D eigenvalue weighted by Crippen LogP contribution is 2.19. The van der Waals surface area contributed by atoms with Gasteiger partial charge in [0.15, 0.2) is 6.10 Å². The molecule has 91 heavy (non-hydrogen) atoms. The number of carbonyl (C=O) groups excluding carboxylic acids is 2. The number of carboxylic acid groups (broad SMARTS) is 1. The number of quaternary nitrogens is 1. The summed E-state index contributed by atoms with van der Waals surface area (Å²) in [5, 5.41) is 9.76. The molecular formula is C82H154NO8+. The zero-order chi connectivity index (χ0) is 66.1. The third kappa shape index (κ3) is 74.5. The van der Waals surface area contributed by atoms with Crippen LogP contribution in [0.25, 0.3) is 0 Å². The van der Waals surface area contributed by atoms with Crippen molar-refractivity contribution in [1.82, 2.24) is 0 Å². The van der Waals surface area contributed by atoms with Gasteiger partial charge in [-0.25, -0.2) is 4.79 Å². The lowest BCUT2D eigenvalue weighted by Gasteiger charge is -2.25. The smallest absolute Gasteiger partial charge is 0.361 e. The number of rotatable bonds is 75. The SMILES string of the molecule is CCCCCCC/C=C\C/C=C\C/C=C\CCCCCCCCCCCCC(=O)OC(COC(=O)CCCCCCCCCCCCCCCCCCCCCCCCCCCCCCC/C=C\CCCCCCCCCC)COC(OCC[N+](C)(C)C)C(=O)O. The van der Waals surface area contributed by atoms with Crippen molar-refractivity contribution in [3.63, 3.8) is 0 Å². The highest BCUT2D eigenvalue weighted by atomic mass is 16.7. The molecule has 2 atom stereocenters. The van der Waals surface area contributed by atoms with Gasteiger partial charge >= 0.3 is 17.9 Å². The second-order valence-electron chi connectivity index (χ2n) is 28.4. The first-order valence-electron chi connectivity index (χ1n) is 39.8. The molecule has 534 valence electrons. The predicted octanol–water partition coefficient (Wildman–Crippen LogP) is 25.3. The van der Waals surface area contributed by atoms with E-state index in [-0.39, 0.29) is 32.2 Å². The molecule has 0 fully saturated rings. The minimum Gasteiger partial charge on any atom is -0.477 e. The molecular weight excluding hydrogens is 1130 g/mol. The van der Waals surface area contributed by atoms with Crippen LogP contribution in [0.2, 0.25) is 0 Å². The van der Waals surface area contributed by atoms with Crippen LogP contribution in [0.1, 0.15) is 399 Å². The molecule has 1 N–H and O–H groups in total. The van der Waals surface area contributed by atoms with Crippen molar-refractivity contribution in [2.24, 2.45) is 0 Å². The fraction of sp³-hybridized carbons (Fsp3) is 0.866. The topological polar surface area (TPSA) is 108 Å². The van der Waals surface area contributed by atoms with Crippen molar-refractivity contribution >= 4 is 17.9 Å². The van der Waals surface area contributed by atoms with Crippen LogP contribution in [0.5, 0.6) is 0 Å². The fourth-order valence-corrected chi connectivity index (χ4v) is 12.0. The summed E-state index contributed by atoms with van der Waals surface area (Å²) in [7, 11) is 5.99. The number of likely N-dealkylation sites (N-methyl/N-ethyl adjacent to an activating group) is 1. The zero-order valence-electron chi connectivity index (χ0n) is 61.3. The lowest BCUT2D eigenvalue weighted by atomic mass is 10.0. The van der Waals surface area contributed by atoms with Gasteiger partial charge in [0.2, 0.25) is 0 Å². The first-order chi connectivity index (χ1) is 44.6. The van der Waals surface area contributed by atoms with E-state index in [0.717, 1.165) is 57.8 Å². The Balaban J connectivity index is 3.93. The Hall–Kier alpha value is -2.75. The molecule has 0 saturated heterocycles. The summed E-state index contributed by atoms with van der Waals surface area (Å²) < 4.78 is 23.0. The number of hydrogen-bond acceptors (Lipinski definition) is 7. The largest absolute Gasteiger partial charge is 0.477 e. The second-order valence-corrected chi connectivity index (χ2v) is 28.4. The monoisotopic (exact) mass is 1280 g/mol. The Kier molecular flexibility index (Phi) is 70.9. The zero-order valence-corrected chi connectivity index (χ0v) is 61.3. The lowest BCUT2D eigenvalue weighted by molar-refractivity contribution is -0.870. The van der Waals surface area contributed by atoms with E-state index in [1.165, 1.54) is 315 Å². The van der Waals surface area contributed by atoms with Crippen LogP contribution in [0.15, 0.2) is 48.6 Å². The van der Waals surface area contributed by atoms with Gasteiger partial charge in [-0.15, -0.1) is 0 Å². The number of aliphatic carboxylic acids is 1. The van der Waals surface area contributed by atoms with Gasteiger partial charge in [0.05, 0.1) is 34.4 Å². The first-order valence-corrected chi connectivity index (χ1v) is 39.8. The number of hydrogen-bond donors (Lipinski definition) is 1. The average molecular weight is 1280 g/mol. The maximum atomic E-state index is 13.0. The molecule has 0 radical (unpaired) electrons. The van der Waals surface area contributed by atoms with Crippen LogP contribution >= 0.6 is 0 Å². The van der Waals surface area contributed by atoms with Gasteiger partial charge in [-0.1, -0.05) is 358 Å². The van der Waals surface area contributed by atoms with Crippen LogP contribution < -0.4 is 0 Å². The summed E-state index contributed by atoms with van der Waals surface area (Å²) in [6.07, 6.45) is 92.8. The van der Waals surface area contributed by atoms with E-state index in [1.807, 2.05) is 21.1 Å². The maximum absolute atomic E-state index is 13.0. The van der Waals surface area contributed by atoms with Crippen LogP contribution in [-0.4, -0.2) is 87.4 Å². The second kappa shape index (κ2) is 73.1. The van der Waals surface area contributed by atoms with Crippen LogP contribution in [0, 0.1) is 0 Å². The number of unbranched alkanes of at least 4 members (excludes halogenated alkanes) is 52. The van der Waals surface area contributed by atoms with Gasteiger partial charge in [0.25, 0.3) is 6.29 Å². The predicted molar refractivity (Wildman–Crippen MR) is 392 cm³/mol. The van der Waals surface area contributed by atoms with Crippen molar-refractivity contribution in [2.45, 2.75) is 411 Å². The van der Waals surface area contributed by atoms with Gasteiger partial charge in [0.1, 0.15) is 13.2 Å². The van der Waals surface area contributed by atoms with Gasteiger partial charge in [0, 0.05) is 12.8 Å². The molecule has 0 amide bonds. The van der Waals surface area contributed by atoms with Crippen LogP contribution in [-0.2, 0) is 33.3 Å². The summed E-state index contributed by atoms with van der Waals surface area (Å²) in [6.45, 7) is 4.92. The van der Waals surface area contributed by atoms with Crippen molar-refractivity contribution in [2.75, 3.05) is 47.5 Å². The van der Waals surface area contributed by atoms with Gasteiger partial charge in [-0.05, 0) is 77.0 Å². The molecule has 0 aliphatic carbocycles. The standard InChI is InChI=1S/C82H153NO8/c1-6-8-10-12-14-16-18-20-22-24-26-28-30-32-33-34-35-36-37-38-39-40-41-42-43-44-45-46-47-49-50-52-54-56-58-60-62-64-66-68-70-72-79(84)89-76-78(77-90-82(81(86)87)88-75-74-83(3,4)5)91-80(85)73-71-69-67-65-63-61-59-57-55-53-51-48-31-29-27-25-23-21-19-17-15-13-11-9-7-2/h19,21,24-27,31,48,78,82H,6-18,20,22-23,28-30,32-47,49-77H2,1-5H3/p+1/b21-19-,26-24-,27-25-,48-31-. The van der Waals surface area contributed by atoms with E-state index < -0.39 is 24.3 Å². The molecule has 2 unspecified atom stereocenters.